The predicted octanol–water partition coefficient (Wildman–Crippen LogP) is 4.90. The van der Waals surface area contributed by atoms with E-state index < -0.39 is 16.2 Å². The van der Waals surface area contributed by atoms with E-state index in [4.69, 9.17) is 0 Å². The topological polar surface area (TPSA) is 37.4 Å². The number of halogens is 1. The van der Waals surface area contributed by atoms with E-state index in [9.17, 15) is 9.59 Å². The second-order valence-corrected chi connectivity index (χ2v) is 9.42. The first kappa shape index (κ1) is 17.2. The average Bonchev–Trinajstić information content (AvgIpc) is 3.01. The molecule has 1 heterocycles. The molecule has 1 aliphatic heterocycles. The van der Waals surface area contributed by atoms with Gasteiger partial charge in [0.1, 0.15) is 0 Å². The number of carbonyl (C=O) groups excluding carboxylic acids is 2. The third-order valence-corrected chi connectivity index (χ3v) is 8.22. The average molecular weight is 444 g/mol. The van der Waals surface area contributed by atoms with Crippen LogP contribution >= 0.6 is 15.9 Å². The van der Waals surface area contributed by atoms with Crippen molar-refractivity contribution in [3.05, 3.63) is 101 Å². The Kier molecular flexibility index (Phi) is 3.35. The Hall–Kier alpha value is -2.72. The summed E-state index contributed by atoms with van der Waals surface area (Å²) in [6.07, 6.45) is 0. The second kappa shape index (κ2) is 5.67. The highest BCUT2D eigenvalue weighted by Gasteiger charge is 2.67. The summed E-state index contributed by atoms with van der Waals surface area (Å²) < 4.78 is -0.691. The quantitative estimate of drug-likeness (QED) is 0.396. The molecule has 3 aromatic carbocycles. The van der Waals surface area contributed by atoms with Crippen molar-refractivity contribution in [2.75, 3.05) is 4.90 Å². The maximum atomic E-state index is 13.8. The highest BCUT2D eigenvalue weighted by molar-refractivity contribution is 9.09. The molecule has 2 atom stereocenters. The Morgan fingerprint density at radius 1 is 0.793 bits per heavy atom. The maximum absolute atomic E-state index is 13.8. The van der Waals surface area contributed by atoms with Crippen LogP contribution in [0.25, 0.3) is 0 Å². The Bertz CT molecular complexity index is 1170. The van der Waals surface area contributed by atoms with E-state index >= 15 is 0 Å². The highest BCUT2D eigenvalue weighted by Crippen LogP contribution is 2.66. The van der Waals surface area contributed by atoms with Gasteiger partial charge in [-0.15, -0.1) is 0 Å². The van der Waals surface area contributed by atoms with Crippen molar-refractivity contribution in [1.82, 2.24) is 0 Å². The number of para-hydroxylation sites is 1. The molecule has 142 valence electrons. The first-order valence-corrected chi connectivity index (χ1v) is 10.7. The summed E-state index contributed by atoms with van der Waals surface area (Å²) in [6, 6.07) is 24.1. The van der Waals surface area contributed by atoms with Crippen molar-refractivity contribution in [2.45, 2.75) is 17.2 Å². The monoisotopic (exact) mass is 443 g/mol. The Balaban J connectivity index is 1.64. The third kappa shape index (κ3) is 1.93. The zero-order valence-electron chi connectivity index (χ0n) is 15.8. The molecule has 2 amide bonds. The normalized spacial score (nSPS) is 28.9. The van der Waals surface area contributed by atoms with Gasteiger partial charge in [0, 0.05) is 5.92 Å². The van der Waals surface area contributed by atoms with E-state index in [1.165, 1.54) is 4.90 Å². The van der Waals surface area contributed by atoms with Gasteiger partial charge in [0.05, 0.1) is 21.8 Å². The van der Waals surface area contributed by atoms with Gasteiger partial charge in [0.2, 0.25) is 11.8 Å². The minimum Gasteiger partial charge on any atom is -0.274 e. The standard InChI is InChI=1S/C25H18BrNO2/c1-14-8-2-7-13-19(14)27-23(28)21-20-15-9-3-5-11-17(15)25(26,22(21)24(27)29)18-12-6-4-10-16(18)20/h2-13,20-22H,1H3/t20?,21-,22-,25?/m1/s1. The van der Waals surface area contributed by atoms with Crippen LogP contribution in [-0.4, -0.2) is 11.8 Å². The van der Waals surface area contributed by atoms with Crippen LogP contribution in [0.15, 0.2) is 72.8 Å². The van der Waals surface area contributed by atoms with Gasteiger partial charge in [-0.05, 0) is 40.8 Å². The molecular weight excluding hydrogens is 426 g/mol. The molecule has 2 bridgehead atoms. The smallest absolute Gasteiger partial charge is 0.239 e. The van der Waals surface area contributed by atoms with Crippen molar-refractivity contribution in [3.63, 3.8) is 0 Å². The highest BCUT2D eigenvalue weighted by atomic mass is 79.9. The van der Waals surface area contributed by atoms with Crippen LogP contribution < -0.4 is 4.90 Å². The Morgan fingerprint density at radius 3 is 1.97 bits per heavy atom. The van der Waals surface area contributed by atoms with E-state index in [-0.39, 0.29) is 17.7 Å². The van der Waals surface area contributed by atoms with Gasteiger partial charge in [-0.3, -0.25) is 9.59 Å². The molecule has 4 aliphatic rings. The van der Waals surface area contributed by atoms with Crippen molar-refractivity contribution < 1.29 is 9.59 Å². The van der Waals surface area contributed by atoms with Gasteiger partial charge >= 0.3 is 0 Å². The number of carbonyl (C=O) groups is 2. The lowest BCUT2D eigenvalue weighted by Crippen LogP contribution is -2.50. The molecule has 0 aromatic heterocycles. The van der Waals surface area contributed by atoms with Gasteiger partial charge in [-0.25, -0.2) is 4.90 Å². The molecule has 0 radical (unpaired) electrons. The minimum atomic E-state index is -0.691. The Labute approximate surface area is 177 Å². The van der Waals surface area contributed by atoms with Crippen molar-refractivity contribution in [3.8, 4) is 0 Å². The zero-order valence-corrected chi connectivity index (χ0v) is 17.4. The third-order valence-electron chi connectivity index (χ3n) is 6.87. The summed E-state index contributed by atoms with van der Waals surface area (Å²) in [5.41, 5.74) is 6.14. The number of alkyl halides is 1. The molecule has 0 spiro atoms. The van der Waals surface area contributed by atoms with E-state index in [1.54, 1.807) is 0 Å². The first-order valence-electron chi connectivity index (χ1n) is 9.86. The van der Waals surface area contributed by atoms with Crippen molar-refractivity contribution in [2.24, 2.45) is 11.8 Å². The number of rotatable bonds is 1. The summed E-state index contributed by atoms with van der Waals surface area (Å²) in [4.78, 5) is 29.0. The van der Waals surface area contributed by atoms with E-state index in [2.05, 4.69) is 40.2 Å². The molecule has 29 heavy (non-hydrogen) atoms. The van der Waals surface area contributed by atoms with Crippen LogP contribution in [0.3, 0.4) is 0 Å². The number of benzene rings is 3. The summed E-state index contributed by atoms with van der Waals surface area (Å²) >= 11 is 4.02. The SMILES string of the molecule is Cc1ccccc1N1C(=O)[C@@H]2C3c4ccccc4C(Br)(c4ccccc43)[C@H]2C1=O. The number of nitrogens with zero attached hydrogens (tertiary/aromatic N) is 1. The van der Waals surface area contributed by atoms with Crippen molar-refractivity contribution >= 4 is 33.4 Å². The van der Waals surface area contributed by atoms with Gasteiger partial charge in [-0.2, -0.15) is 0 Å². The lowest BCUT2D eigenvalue weighted by molar-refractivity contribution is -0.122. The van der Waals surface area contributed by atoms with E-state index in [0.717, 1.165) is 27.8 Å². The first-order chi connectivity index (χ1) is 14.0. The lowest BCUT2D eigenvalue weighted by atomic mass is 9.55. The lowest BCUT2D eigenvalue weighted by Gasteiger charge is -2.51. The summed E-state index contributed by atoms with van der Waals surface area (Å²) in [6.45, 7) is 1.94. The van der Waals surface area contributed by atoms with Gasteiger partial charge in [-0.1, -0.05) is 82.7 Å². The zero-order chi connectivity index (χ0) is 19.9. The van der Waals surface area contributed by atoms with Gasteiger partial charge < -0.3 is 0 Å². The fourth-order valence-electron chi connectivity index (χ4n) is 5.73. The fraction of sp³-hybridized carbons (Fsp3) is 0.200. The number of aryl methyl sites for hydroxylation is 1. The van der Waals surface area contributed by atoms with Crippen LogP contribution in [0.4, 0.5) is 5.69 Å². The number of anilines is 1. The van der Waals surface area contributed by atoms with Crippen LogP contribution in [0.5, 0.6) is 0 Å². The molecular formula is C25H18BrNO2. The fourth-order valence-corrected chi connectivity index (χ4v) is 6.93. The van der Waals surface area contributed by atoms with Gasteiger partial charge in [0.15, 0.2) is 0 Å². The van der Waals surface area contributed by atoms with Gasteiger partial charge in [0.25, 0.3) is 0 Å². The molecule has 0 unspecified atom stereocenters. The summed E-state index contributed by atoms with van der Waals surface area (Å²) in [5, 5.41) is 0. The van der Waals surface area contributed by atoms with Crippen LogP contribution in [0, 0.1) is 18.8 Å². The molecule has 3 aliphatic carbocycles. The minimum absolute atomic E-state index is 0.0906. The molecule has 7 rings (SSSR count). The number of imide groups is 1. The van der Waals surface area contributed by atoms with E-state index in [0.29, 0.717) is 5.69 Å². The summed E-state index contributed by atoms with van der Waals surface area (Å²) in [7, 11) is 0. The van der Waals surface area contributed by atoms with E-state index in [1.807, 2.05) is 55.5 Å². The molecule has 3 nitrogen and oxygen atoms in total. The summed E-state index contributed by atoms with van der Waals surface area (Å²) in [5.74, 6) is -1.15. The number of hydrogen-bond acceptors (Lipinski definition) is 2. The second-order valence-electron chi connectivity index (χ2n) is 8.17. The molecule has 1 saturated heterocycles. The molecule has 1 fully saturated rings. The maximum Gasteiger partial charge on any atom is 0.239 e. The number of hydrogen-bond donors (Lipinski definition) is 0. The van der Waals surface area contributed by atoms with Crippen LogP contribution in [0.1, 0.15) is 33.7 Å². The molecule has 3 aromatic rings. The molecule has 4 heteroatoms. The number of amides is 2. The largest absolute Gasteiger partial charge is 0.274 e. The predicted molar refractivity (Wildman–Crippen MR) is 115 cm³/mol. The molecule has 0 N–H and O–H groups in total. The van der Waals surface area contributed by atoms with Crippen LogP contribution in [0.2, 0.25) is 0 Å². The van der Waals surface area contributed by atoms with Crippen LogP contribution in [-0.2, 0) is 13.9 Å². The Morgan fingerprint density at radius 2 is 1.34 bits per heavy atom. The molecule has 0 saturated carbocycles. The van der Waals surface area contributed by atoms with Crippen molar-refractivity contribution in [1.29, 1.82) is 0 Å².